The molecule has 4 aromatic carbocycles. The van der Waals surface area contributed by atoms with E-state index in [-0.39, 0.29) is 43.4 Å². The van der Waals surface area contributed by atoms with Crippen LogP contribution in [0.1, 0.15) is 75.6 Å². The van der Waals surface area contributed by atoms with Crippen molar-refractivity contribution in [1.29, 1.82) is 0 Å². The number of amides is 2. The molecule has 1 saturated carbocycles. The number of nitrogens with zero attached hydrogens (tertiary/aromatic N) is 1. The molecule has 5 rings (SSSR count). The van der Waals surface area contributed by atoms with Crippen molar-refractivity contribution in [2.45, 2.75) is 102 Å². The lowest BCUT2D eigenvalue weighted by atomic mass is 9.73. The summed E-state index contributed by atoms with van der Waals surface area (Å²) in [6.45, 7) is 8.39. The molecule has 0 saturated heterocycles. The molecule has 0 unspecified atom stereocenters. The Labute approximate surface area is 304 Å². The second-order valence-corrected chi connectivity index (χ2v) is 15.8. The van der Waals surface area contributed by atoms with Gasteiger partial charge in [-0.25, -0.2) is 0 Å². The maximum Gasteiger partial charge on any atom is 0.238 e. The van der Waals surface area contributed by atoms with Gasteiger partial charge in [-0.1, -0.05) is 149 Å². The van der Waals surface area contributed by atoms with Gasteiger partial charge < -0.3 is 20.8 Å². The van der Waals surface area contributed by atoms with Crippen LogP contribution >= 0.6 is 0 Å². The predicted octanol–water partition coefficient (Wildman–Crippen LogP) is 7.34. The summed E-state index contributed by atoms with van der Waals surface area (Å²) in [4.78, 5) is 30.4. The third kappa shape index (κ3) is 9.35. The van der Waals surface area contributed by atoms with E-state index in [1.807, 2.05) is 121 Å². The summed E-state index contributed by atoms with van der Waals surface area (Å²) in [7, 11) is 0. The highest BCUT2D eigenvalue weighted by atomic mass is 16.3. The third-order valence-corrected chi connectivity index (χ3v) is 10.6. The Kier molecular flexibility index (Phi) is 12.2. The number of nitrogens with two attached hydrogens (primary N) is 1. The van der Waals surface area contributed by atoms with E-state index >= 15 is 4.79 Å². The van der Waals surface area contributed by atoms with Crippen LogP contribution in [0.15, 0.2) is 121 Å². The van der Waals surface area contributed by atoms with E-state index in [9.17, 15) is 15.0 Å². The molecule has 2 amide bonds. The molecule has 6 nitrogen and oxygen atoms in total. The molecule has 270 valence electrons. The summed E-state index contributed by atoms with van der Waals surface area (Å²) in [5.74, 6) is -0.884. The fourth-order valence-electron chi connectivity index (χ4n) is 7.91. The average Bonchev–Trinajstić information content (AvgIpc) is 3.92. The molecule has 0 radical (unpaired) electrons. The number of rotatable bonds is 18. The van der Waals surface area contributed by atoms with E-state index in [0.29, 0.717) is 25.7 Å². The highest BCUT2D eigenvalue weighted by Gasteiger charge is 2.61. The maximum absolute atomic E-state index is 15.4. The summed E-state index contributed by atoms with van der Waals surface area (Å²) < 4.78 is 0. The zero-order valence-electron chi connectivity index (χ0n) is 30.7. The molecule has 0 spiro atoms. The van der Waals surface area contributed by atoms with Crippen molar-refractivity contribution in [2.24, 2.45) is 23.0 Å². The third-order valence-electron chi connectivity index (χ3n) is 10.6. The molecule has 4 aromatic rings. The minimum atomic E-state index is -1.47. The van der Waals surface area contributed by atoms with Gasteiger partial charge in [-0.2, -0.15) is 0 Å². The van der Waals surface area contributed by atoms with E-state index in [2.05, 4.69) is 27.7 Å². The van der Waals surface area contributed by atoms with Crippen molar-refractivity contribution in [3.63, 3.8) is 0 Å². The summed E-state index contributed by atoms with van der Waals surface area (Å²) >= 11 is 0. The smallest absolute Gasteiger partial charge is 0.238 e. The lowest BCUT2D eigenvalue weighted by Crippen LogP contribution is -2.68. The van der Waals surface area contributed by atoms with Gasteiger partial charge in [0.05, 0.1) is 23.3 Å². The first-order valence-electron chi connectivity index (χ1n) is 18.6. The van der Waals surface area contributed by atoms with E-state index < -0.39 is 34.6 Å². The summed E-state index contributed by atoms with van der Waals surface area (Å²) in [6, 6.07) is 38.1. The average molecular weight is 689 g/mol. The molecule has 0 aliphatic heterocycles. The summed E-state index contributed by atoms with van der Waals surface area (Å²) in [6.07, 6.45) is 2.72. The molecule has 0 heterocycles. The van der Waals surface area contributed by atoms with Gasteiger partial charge in [0.25, 0.3) is 0 Å². The lowest BCUT2D eigenvalue weighted by molar-refractivity contribution is -0.168. The molecule has 0 bridgehead atoms. The molecule has 2 atom stereocenters. The fraction of sp³-hybridized carbons (Fsp3) is 0.422. The van der Waals surface area contributed by atoms with Gasteiger partial charge in [0, 0.05) is 25.7 Å². The van der Waals surface area contributed by atoms with Crippen LogP contribution in [0.4, 0.5) is 0 Å². The van der Waals surface area contributed by atoms with Gasteiger partial charge in [0.2, 0.25) is 11.8 Å². The number of hydrogen-bond acceptors (Lipinski definition) is 4. The Bertz CT molecular complexity index is 1500. The largest absolute Gasteiger partial charge is 0.387 e. The number of carbonyl (C=O) groups excluding carboxylic acids is 2. The number of aliphatic hydroxyl groups is 2. The van der Waals surface area contributed by atoms with Gasteiger partial charge in [-0.05, 0) is 59.8 Å². The molecule has 51 heavy (non-hydrogen) atoms. The fourth-order valence-corrected chi connectivity index (χ4v) is 7.91. The van der Waals surface area contributed by atoms with Crippen molar-refractivity contribution in [2.75, 3.05) is 0 Å². The first-order valence-corrected chi connectivity index (χ1v) is 18.6. The van der Waals surface area contributed by atoms with E-state index in [1.165, 1.54) is 0 Å². The monoisotopic (exact) mass is 688 g/mol. The van der Waals surface area contributed by atoms with Crippen LogP contribution in [-0.2, 0) is 35.3 Å². The number of carbonyl (C=O) groups is 2. The van der Waals surface area contributed by atoms with Gasteiger partial charge >= 0.3 is 0 Å². The SMILES string of the molecule is CC(C)C[C@@H](N(C(=O)C1(C(N)=O)CC1)[C@H](CC(C)C)C(O)(Cc1ccccc1)Cc1ccccc1)C(O)(Cc1ccccc1)Cc1ccccc1. The van der Waals surface area contributed by atoms with Crippen molar-refractivity contribution in [3.05, 3.63) is 144 Å². The van der Waals surface area contributed by atoms with E-state index in [4.69, 9.17) is 5.73 Å². The van der Waals surface area contributed by atoms with Crippen LogP contribution in [0.3, 0.4) is 0 Å². The highest BCUT2D eigenvalue weighted by molar-refractivity contribution is 6.07. The highest BCUT2D eigenvalue weighted by Crippen LogP contribution is 2.50. The molecule has 4 N–H and O–H groups in total. The van der Waals surface area contributed by atoms with Gasteiger partial charge in [-0.15, -0.1) is 0 Å². The van der Waals surface area contributed by atoms with Crippen molar-refractivity contribution >= 4 is 11.8 Å². The van der Waals surface area contributed by atoms with Crippen molar-refractivity contribution < 1.29 is 19.8 Å². The zero-order valence-corrected chi connectivity index (χ0v) is 30.7. The zero-order chi connectivity index (χ0) is 36.6. The molecule has 1 aliphatic carbocycles. The van der Waals surface area contributed by atoms with Crippen LogP contribution in [0.5, 0.6) is 0 Å². The van der Waals surface area contributed by atoms with Crippen LogP contribution in [0.25, 0.3) is 0 Å². The molecule has 6 heteroatoms. The Balaban J connectivity index is 1.77. The predicted molar refractivity (Wildman–Crippen MR) is 205 cm³/mol. The van der Waals surface area contributed by atoms with Crippen LogP contribution < -0.4 is 5.73 Å². The van der Waals surface area contributed by atoms with Gasteiger partial charge in [-0.3, -0.25) is 9.59 Å². The van der Waals surface area contributed by atoms with Gasteiger partial charge in [0.15, 0.2) is 0 Å². The molecule has 1 aliphatic rings. The molecule has 1 fully saturated rings. The van der Waals surface area contributed by atoms with Crippen LogP contribution in [0, 0.1) is 17.3 Å². The Hall–Kier alpha value is -4.26. The summed E-state index contributed by atoms with van der Waals surface area (Å²) in [5, 5.41) is 26.8. The second kappa shape index (κ2) is 16.4. The number of hydrogen-bond donors (Lipinski definition) is 3. The van der Waals surface area contributed by atoms with E-state index in [1.54, 1.807) is 4.90 Å². The first kappa shape index (κ1) is 38.0. The van der Waals surface area contributed by atoms with Crippen molar-refractivity contribution in [3.8, 4) is 0 Å². The molecular weight excluding hydrogens is 633 g/mol. The maximum atomic E-state index is 15.4. The Morgan fingerprint density at radius 2 is 0.863 bits per heavy atom. The quantitative estimate of drug-likeness (QED) is 0.0952. The normalized spacial score (nSPS) is 15.4. The minimum Gasteiger partial charge on any atom is -0.387 e. The topological polar surface area (TPSA) is 104 Å². The van der Waals surface area contributed by atoms with Crippen molar-refractivity contribution in [1.82, 2.24) is 4.90 Å². The molecule has 0 aromatic heterocycles. The summed E-state index contributed by atoms with van der Waals surface area (Å²) in [5.41, 5.74) is 5.54. The molecular formula is C45H56N2O4. The van der Waals surface area contributed by atoms with E-state index in [0.717, 1.165) is 22.3 Å². The second-order valence-electron chi connectivity index (χ2n) is 15.8. The standard InChI is InChI=1S/C45H56N2O4/c1-33(2)27-39(44(50,29-35-17-9-5-10-18-35)30-36-19-11-6-12-20-36)47(42(49)43(25-26-43)41(46)48)40(28-34(3)4)45(51,31-37-21-13-7-14-22-37)32-38-23-15-8-16-24-38/h5-24,33-34,39-40,50-51H,25-32H2,1-4H3,(H2,46,48)/t39-,40-/m1/s1. The number of benzene rings is 4. The van der Waals surface area contributed by atoms with Crippen LogP contribution in [-0.4, -0.2) is 50.2 Å². The number of primary amides is 1. The minimum absolute atomic E-state index is 0.0724. The first-order chi connectivity index (χ1) is 24.3. The van der Waals surface area contributed by atoms with Crippen LogP contribution in [0.2, 0.25) is 0 Å². The van der Waals surface area contributed by atoms with Gasteiger partial charge in [0.1, 0.15) is 5.41 Å². The Morgan fingerprint density at radius 3 is 1.08 bits per heavy atom. The Morgan fingerprint density at radius 1 is 0.588 bits per heavy atom. The lowest BCUT2D eigenvalue weighted by Gasteiger charge is -2.53.